The van der Waals surface area contributed by atoms with Gasteiger partial charge < -0.3 is 4.52 Å². The summed E-state index contributed by atoms with van der Waals surface area (Å²) in [6.07, 6.45) is 1.32. The first-order valence-electron chi connectivity index (χ1n) is 5.04. The molecule has 0 aliphatic heterocycles. The molecular weight excluding hydrogens is 199 g/mol. The van der Waals surface area contributed by atoms with E-state index in [1.54, 1.807) is 13.8 Å². The fourth-order valence-electron chi connectivity index (χ4n) is 0.834. The van der Waals surface area contributed by atoms with Crippen LogP contribution in [0, 0.1) is 11.8 Å². The molecule has 0 spiro atoms. The molecule has 0 aromatic heterocycles. The summed E-state index contributed by atoms with van der Waals surface area (Å²) >= 11 is 0. The number of hydrogen-bond acceptors (Lipinski definition) is 3. The van der Waals surface area contributed by atoms with E-state index in [1.807, 2.05) is 0 Å². The predicted octanol–water partition coefficient (Wildman–Crippen LogP) is 3.14. The maximum atomic E-state index is 11.8. The SMILES string of the molecule is CC(C)CCP(C)(=O)OC(=O)C(C)C. The molecule has 0 aliphatic carbocycles. The van der Waals surface area contributed by atoms with Gasteiger partial charge in [-0.05, 0) is 12.3 Å². The van der Waals surface area contributed by atoms with E-state index >= 15 is 0 Å². The van der Waals surface area contributed by atoms with E-state index in [0.717, 1.165) is 6.42 Å². The van der Waals surface area contributed by atoms with Crippen molar-refractivity contribution >= 4 is 13.3 Å². The van der Waals surface area contributed by atoms with Gasteiger partial charge in [-0.15, -0.1) is 0 Å². The zero-order valence-electron chi connectivity index (χ0n) is 9.74. The van der Waals surface area contributed by atoms with Crippen LogP contribution in [0.1, 0.15) is 34.1 Å². The van der Waals surface area contributed by atoms with Crippen molar-refractivity contribution in [1.29, 1.82) is 0 Å². The summed E-state index contributed by atoms with van der Waals surface area (Å²) in [4.78, 5) is 11.2. The van der Waals surface area contributed by atoms with Crippen LogP contribution in [-0.4, -0.2) is 18.8 Å². The van der Waals surface area contributed by atoms with Gasteiger partial charge in [-0.25, -0.2) is 0 Å². The molecule has 0 N–H and O–H groups in total. The van der Waals surface area contributed by atoms with Crippen molar-refractivity contribution in [3.63, 3.8) is 0 Å². The summed E-state index contributed by atoms with van der Waals surface area (Å²) in [5.41, 5.74) is 0. The summed E-state index contributed by atoms with van der Waals surface area (Å²) in [5, 5.41) is 0. The molecule has 84 valence electrons. The maximum Gasteiger partial charge on any atom is 0.313 e. The number of rotatable bonds is 5. The summed E-state index contributed by atoms with van der Waals surface area (Å²) in [7, 11) is -2.71. The largest absolute Gasteiger partial charge is 0.412 e. The van der Waals surface area contributed by atoms with Crippen LogP contribution in [0.15, 0.2) is 0 Å². The van der Waals surface area contributed by atoms with Crippen LogP contribution in [0.2, 0.25) is 0 Å². The van der Waals surface area contributed by atoms with Crippen LogP contribution < -0.4 is 0 Å². The lowest BCUT2D eigenvalue weighted by Crippen LogP contribution is -2.11. The van der Waals surface area contributed by atoms with Gasteiger partial charge in [0.1, 0.15) is 0 Å². The molecule has 1 atom stereocenters. The van der Waals surface area contributed by atoms with Crippen molar-refractivity contribution in [3.05, 3.63) is 0 Å². The molecule has 0 bridgehead atoms. The van der Waals surface area contributed by atoms with Crippen LogP contribution in [0.3, 0.4) is 0 Å². The lowest BCUT2D eigenvalue weighted by molar-refractivity contribution is -0.137. The Labute approximate surface area is 86.7 Å². The maximum absolute atomic E-state index is 11.8. The molecule has 4 heteroatoms. The summed E-state index contributed by atoms with van der Waals surface area (Å²) in [6.45, 7) is 9.14. The Morgan fingerprint density at radius 1 is 1.29 bits per heavy atom. The fourth-order valence-corrected chi connectivity index (χ4v) is 2.50. The summed E-state index contributed by atoms with van der Waals surface area (Å²) in [6, 6.07) is 0. The van der Waals surface area contributed by atoms with Crippen molar-refractivity contribution in [3.8, 4) is 0 Å². The second-order valence-corrected chi connectivity index (χ2v) is 7.14. The van der Waals surface area contributed by atoms with Gasteiger partial charge in [0.2, 0.25) is 7.37 Å². The van der Waals surface area contributed by atoms with Crippen LogP contribution in [0.4, 0.5) is 0 Å². The van der Waals surface area contributed by atoms with E-state index in [4.69, 9.17) is 4.52 Å². The number of hydrogen-bond donors (Lipinski definition) is 0. The molecule has 0 aliphatic rings. The molecule has 0 aromatic carbocycles. The number of carbonyl (C=O) groups excluding carboxylic acids is 1. The molecule has 0 saturated heterocycles. The average Bonchev–Trinajstić information content (AvgIpc) is 2.00. The molecule has 0 rings (SSSR count). The second kappa shape index (κ2) is 5.55. The van der Waals surface area contributed by atoms with Gasteiger partial charge in [0, 0.05) is 12.8 Å². The van der Waals surface area contributed by atoms with E-state index in [-0.39, 0.29) is 11.9 Å². The molecule has 0 heterocycles. The minimum Gasteiger partial charge on any atom is -0.412 e. The minimum atomic E-state index is -2.71. The normalized spacial score (nSPS) is 15.6. The molecule has 1 unspecified atom stereocenters. The lowest BCUT2D eigenvalue weighted by Gasteiger charge is -2.16. The highest BCUT2D eigenvalue weighted by Gasteiger charge is 2.22. The van der Waals surface area contributed by atoms with Crippen molar-refractivity contribution in [2.24, 2.45) is 11.8 Å². The zero-order valence-corrected chi connectivity index (χ0v) is 10.6. The molecular formula is C10H21O3P. The van der Waals surface area contributed by atoms with Gasteiger partial charge in [-0.2, -0.15) is 0 Å². The quantitative estimate of drug-likeness (QED) is 0.668. The fraction of sp³-hybridized carbons (Fsp3) is 0.900. The Morgan fingerprint density at radius 2 is 1.79 bits per heavy atom. The van der Waals surface area contributed by atoms with Gasteiger partial charge >= 0.3 is 5.97 Å². The third kappa shape index (κ3) is 6.20. The van der Waals surface area contributed by atoms with Gasteiger partial charge in [-0.3, -0.25) is 9.36 Å². The van der Waals surface area contributed by atoms with E-state index < -0.39 is 7.37 Å². The van der Waals surface area contributed by atoms with Crippen LogP contribution in [0.5, 0.6) is 0 Å². The first-order valence-corrected chi connectivity index (χ1v) is 7.30. The van der Waals surface area contributed by atoms with Gasteiger partial charge in [0.15, 0.2) is 0 Å². The monoisotopic (exact) mass is 220 g/mol. The molecule has 0 saturated carbocycles. The van der Waals surface area contributed by atoms with E-state index in [0.29, 0.717) is 12.1 Å². The third-order valence-electron chi connectivity index (χ3n) is 1.87. The molecule has 0 fully saturated rings. The Kier molecular flexibility index (Phi) is 5.43. The molecule has 0 radical (unpaired) electrons. The highest BCUT2D eigenvalue weighted by atomic mass is 31.2. The number of carbonyl (C=O) groups is 1. The van der Waals surface area contributed by atoms with Crippen molar-refractivity contribution in [2.75, 3.05) is 12.8 Å². The zero-order chi connectivity index (χ0) is 11.4. The molecule has 3 nitrogen and oxygen atoms in total. The van der Waals surface area contributed by atoms with E-state index in [1.165, 1.54) is 6.66 Å². The van der Waals surface area contributed by atoms with Crippen LogP contribution >= 0.6 is 7.37 Å². The summed E-state index contributed by atoms with van der Waals surface area (Å²) < 4.78 is 16.8. The van der Waals surface area contributed by atoms with Crippen molar-refractivity contribution in [2.45, 2.75) is 34.1 Å². The van der Waals surface area contributed by atoms with Crippen LogP contribution in [0.25, 0.3) is 0 Å². The predicted molar refractivity (Wildman–Crippen MR) is 58.8 cm³/mol. The first-order chi connectivity index (χ1) is 6.24. The average molecular weight is 220 g/mol. The van der Waals surface area contributed by atoms with Crippen molar-refractivity contribution < 1.29 is 13.9 Å². The standard InChI is InChI=1S/C10H21O3P/c1-8(2)6-7-14(5,12)13-10(11)9(3)4/h8-9H,6-7H2,1-5H3. The topological polar surface area (TPSA) is 43.4 Å². The second-order valence-electron chi connectivity index (χ2n) is 4.49. The van der Waals surface area contributed by atoms with E-state index in [2.05, 4.69) is 13.8 Å². The van der Waals surface area contributed by atoms with Gasteiger partial charge in [-0.1, -0.05) is 27.7 Å². The highest BCUT2D eigenvalue weighted by molar-refractivity contribution is 7.58. The minimum absolute atomic E-state index is 0.206. The van der Waals surface area contributed by atoms with Gasteiger partial charge in [0.25, 0.3) is 0 Å². The third-order valence-corrected chi connectivity index (χ3v) is 3.50. The van der Waals surface area contributed by atoms with Crippen LogP contribution in [-0.2, 0) is 13.9 Å². The smallest absolute Gasteiger partial charge is 0.313 e. The Balaban J connectivity index is 4.08. The Morgan fingerprint density at radius 3 is 2.14 bits per heavy atom. The van der Waals surface area contributed by atoms with E-state index in [9.17, 15) is 9.36 Å². The Bertz CT molecular complexity index is 234. The molecule has 0 amide bonds. The van der Waals surface area contributed by atoms with Gasteiger partial charge in [0.05, 0.1) is 5.92 Å². The Hall–Kier alpha value is -0.300. The highest BCUT2D eigenvalue weighted by Crippen LogP contribution is 2.44. The lowest BCUT2D eigenvalue weighted by atomic mass is 10.2. The first kappa shape index (κ1) is 13.7. The molecule has 14 heavy (non-hydrogen) atoms. The molecule has 0 aromatic rings. The van der Waals surface area contributed by atoms with Crippen molar-refractivity contribution in [1.82, 2.24) is 0 Å². The summed E-state index contributed by atoms with van der Waals surface area (Å²) in [5.74, 6) is -0.0806.